The quantitative estimate of drug-likeness (QED) is 0.179. The largest absolute Gasteiger partial charge is 0.504 e. The smallest absolute Gasteiger partial charge is 0.408 e. The molecule has 1 aromatic rings. The molecule has 94 valence electrons. The molecule has 1 rings (SSSR count). The van der Waals surface area contributed by atoms with Crippen LogP contribution in [0.4, 0.5) is 0 Å². The molecule has 0 bridgehead atoms. The molecule has 6 N–H and O–H groups in total. The average molecular weight is 248 g/mol. The average Bonchev–Trinajstić information content (AvgIpc) is 2.34. The van der Waals surface area contributed by atoms with Gasteiger partial charge in [-0.25, -0.2) is 10.1 Å². The van der Waals surface area contributed by atoms with E-state index in [1.165, 1.54) is 0 Å². The van der Waals surface area contributed by atoms with Gasteiger partial charge in [0.15, 0.2) is 11.5 Å². The molecule has 1 aromatic carbocycles. The first kappa shape index (κ1) is 13.0. The zero-order valence-electron chi connectivity index (χ0n) is 8.06. The van der Waals surface area contributed by atoms with E-state index >= 15 is 0 Å². The minimum absolute atomic E-state index is 0.746. The van der Waals surface area contributed by atoms with E-state index in [2.05, 4.69) is 9.78 Å². The summed E-state index contributed by atoms with van der Waals surface area (Å²) in [5.74, 6) is -8.09. The van der Waals surface area contributed by atoms with Gasteiger partial charge in [0.2, 0.25) is 5.75 Å². The van der Waals surface area contributed by atoms with E-state index in [0.29, 0.717) is 0 Å². The number of hydrogen-bond acceptors (Lipinski definition) is 9. The van der Waals surface area contributed by atoms with E-state index in [0.717, 1.165) is 12.1 Å². The van der Waals surface area contributed by atoms with Crippen molar-refractivity contribution >= 4 is 5.97 Å². The van der Waals surface area contributed by atoms with E-state index in [1.54, 1.807) is 0 Å². The first-order valence-electron chi connectivity index (χ1n) is 4.03. The summed E-state index contributed by atoms with van der Waals surface area (Å²) in [4.78, 5) is 17.5. The first-order chi connectivity index (χ1) is 7.88. The molecule has 0 fully saturated rings. The van der Waals surface area contributed by atoms with Crippen LogP contribution in [-0.4, -0.2) is 36.9 Å². The van der Waals surface area contributed by atoms with Gasteiger partial charge < -0.3 is 20.4 Å². The fraction of sp³-hybridized carbons (Fsp3) is 0.125. The van der Waals surface area contributed by atoms with Gasteiger partial charge in [0.1, 0.15) is 0 Å². The summed E-state index contributed by atoms with van der Waals surface area (Å²) >= 11 is 0. The fourth-order valence-electron chi connectivity index (χ4n) is 1.10. The van der Waals surface area contributed by atoms with Gasteiger partial charge >= 0.3 is 11.8 Å². The van der Waals surface area contributed by atoms with Crippen LogP contribution in [0.15, 0.2) is 12.1 Å². The summed E-state index contributed by atoms with van der Waals surface area (Å²) in [7, 11) is 0. The molecule has 1 atom stereocenters. The van der Waals surface area contributed by atoms with Crippen molar-refractivity contribution in [2.24, 2.45) is 0 Å². The Morgan fingerprint density at radius 3 is 2.18 bits per heavy atom. The van der Waals surface area contributed by atoms with Gasteiger partial charge in [-0.3, -0.25) is 4.89 Å². The Morgan fingerprint density at radius 2 is 1.71 bits per heavy atom. The number of aromatic hydroxyl groups is 3. The zero-order chi connectivity index (χ0) is 13.2. The lowest BCUT2D eigenvalue weighted by molar-refractivity contribution is -0.399. The van der Waals surface area contributed by atoms with Crippen LogP contribution in [0.5, 0.6) is 17.2 Å². The normalized spacial score (nSPS) is 14.1. The highest BCUT2D eigenvalue weighted by Crippen LogP contribution is 2.42. The third-order valence-electron chi connectivity index (χ3n) is 1.99. The van der Waals surface area contributed by atoms with Gasteiger partial charge in [-0.15, -0.1) is 0 Å². The van der Waals surface area contributed by atoms with Crippen LogP contribution in [0, 0.1) is 0 Å². The summed E-state index contributed by atoms with van der Waals surface area (Å²) in [6.07, 6.45) is 0. The van der Waals surface area contributed by atoms with Crippen LogP contribution in [0.25, 0.3) is 0 Å². The molecule has 0 spiro atoms. The topological polar surface area (TPSA) is 157 Å². The summed E-state index contributed by atoms with van der Waals surface area (Å²) in [5, 5.41) is 53.5. The number of carbonyl (C=O) groups excluding carboxylic acids is 1. The predicted molar refractivity (Wildman–Crippen MR) is 47.8 cm³/mol. The van der Waals surface area contributed by atoms with Crippen molar-refractivity contribution < 1.29 is 45.5 Å². The molecule has 17 heavy (non-hydrogen) atoms. The second kappa shape index (κ2) is 4.43. The highest BCUT2D eigenvalue weighted by atomic mass is 17.2. The number of aliphatic hydroxyl groups is 1. The summed E-state index contributed by atoms with van der Waals surface area (Å²) < 4.78 is 0. The highest BCUT2D eigenvalue weighted by molar-refractivity contribution is 5.80. The lowest BCUT2D eigenvalue weighted by atomic mass is 10.0. The molecule has 1 unspecified atom stereocenters. The van der Waals surface area contributed by atoms with Crippen LogP contribution in [0.1, 0.15) is 5.56 Å². The molecule has 0 aliphatic heterocycles. The van der Waals surface area contributed by atoms with E-state index in [9.17, 15) is 15.0 Å². The summed E-state index contributed by atoms with van der Waals surface area (Å²) in [5.41, 5.74) is -0.852. The third kappa shape index (κ3) is 1.94. The second-order valence-electron chi connectivity index (χ2n) is 2.94. The standard InChI is InChI=1S/C8H8O9/c9-4-2-1-3(5(10)6(4)11)8(13,17-15)7(12)16-14/h1-2,9-11,13-15H. The number of hydrogen-bond donors (Lipinski definition) is 6. The Balaban J connectivity index is 3.41. The minimum atomic E-state index is -3.26. The van der Waals surface area contributed by atoms with Crippen molar-refractivity contribution in [3.05, 3.63) is 17.7 Å². The minimum Gasteiger partial charge on any atom is -0.504 e. The van der Waals surface area contributed by atoms with Crippen LogP contribution in [-0.2, 0) is 20.4 Å². The zero-order valence-corrected chi connectivity index (χ0v) is 8.06. The predicted octanol–water partition coefficient (Wildman–Crippen LogP) is -0.546. The van der Waals surface area contributed by atoms with Gasteiger partial charge in [-0.05, 0) is 12.1 Å². The highest BCUT2D eigenvalue weighted by Gasteiger charge is 2.46. The van der Waals surface area contributed by atoms with E-state index in [1.807, 2.05) is 0 Å². The Hall–Kier alpha value is -2.07. The van der Waals surface area contributed by atoms with Crippen LogP contribution >= 0.6 is 0 Å². The van der Waals surface area contributed by atoms with Gasteiger partial charge in [0, 0.05) is 0 Å². The van der Waals surface area contributed by atoms with Gasteiger partial charge in [-0.2, -0.15) is 10.1 Å². The molecule has 0 radical (unpaired) electrons. The van der Waals surface area contributed by atoms with E-state index in [4.69, 9.17) is 20.7 Å². The van der Waals surface area contributed by atoms with Crippen LogP contribution in [0.2, 0.25) is 0 Å². The van der Waals surface area contributed by atoms with Crippen LogP contribution < -0.4 is 0 Å². The first-order valence-corrected chi connectivity index (χ1v) is 4.03. The maximum Gasteiger partial charge on any atom is 0.408 e. The van der Waals surface area contributed by atoms with Crippen molar-refractivity contribution in [2.45, 2.75) is 5.79 Å². The van der Waals surface area contributed by atoms with Gasteiger partial charge in [0.25, 0.3) is 0 Å². The molecule has 0 amide bonds. The molecule has 0 aromatic heterocycles. The Kier molecular flexibility index (Phi) is 3.39. The van der Waals surface area contributed by atoms with Crippen molar-refractivity contribution in [1.29, 1.82) is 0 Å². The molecule has 0 aliphatic rings. The van der Waals surface area contributed by atoms with Crippen LogP contribution in [0.3, 0.4) is 0 Å². The van der Waals surface area contributed by atoms with Gasteiger partial charge in [0.05, 0.1) is 5.56 Å². The van der Waals surface area contributed by atoms with Crippen molar-refractivity contribution in [1.82, 2.24) is 0 Å². The summed E-state index contributed by atoms with van der Waals surface area (Å²) in [6, 6.07) is 1.54. The molecule has 9 nitrogen and oxygen atoms in total. The molecule has 0 saturated heterocycles. The SMILES string of the molecule is O=C(OO)C(O)(OO)c1ccc(O)c(O)c1O. The number of benzene rings is 1. The monoisotopic (exact) mass is 248 g/mol. The second-order valence-corrected chi connectivity index (χ2v) is 2.94. The molecular weight excluding hydrogens is 240 g/mol. The van der Waals surface area contributed by atoms with E-state index in [-0.39, 0.29) is 0 Å². The molecule has 0 saturated carbocycles. The number of carbonyl (C=O) groups is 1. The van der Waals surface area contributed by atoms with Gasteiger partial charge in [-0.1, -0.05) is 0 Å². The molecule has 0 aliphatic carbocycles. The van der Waals surface area contributed by atoms with Crippen molar-refractivity contribution in [2.75, 3.05) is 0 Å². The number of rotatable bonds is 3. The van der Waals surface area contributed by atoms with Crippen molar-refractivity contribution in [3.63, 3.8) is 0 Å². The van der Waals surface area contributed by atoms with Crippen molar-refractivity contribution in [3.8, 4) is 17.2 Å². The third-order valence-corrected chi connectivity index (χ3v) is 1.99. The van der Waals surface area contributed by atoms with E-state index < -0.39 is 34.6 Å². The number of phenolic OH excluding ortho intramolecular Hbond substituents is 3. The molecule has 0 heterocycles. The Bertz CT molecular complexity index is 443. The number of phenols is 3. The summed E-state index contributed by atoms with van der Waals surface area (Å²) in [6.45, 7) is 0. The lowest BCUT2D eigenvalue weighted by Gasteiger charge is -2.21. The maximum atomic E-state index is 11.0. The molecular formula is C8H8O9. The Morgan fingerprint density at radius 1 is 1.12 bits per heavy atom. The fourth-order valence-corrected chi connectivity index (χ4v) is 1.10. The molecule has 9 heteroatoms. The lowest BCUT2D eigenvalue weighted by Crippen LogP contribution is -2.39. The maximum absolute atomic E-state index is 11.0. The Labute approximate surface area is 93.2 Å².